The average Bonchev–Trinajstić information content (AvgIpc) is 3.63. The molecular formula is C42H27BrN2S. The van der Waals surface area contributed by atoms with Crippen LogP contribution in [0.15, 0.2) is 168 Å². The number of hydrogen-bond donors (Lipinski definition) is 0. The molecule has 0 aliphatic rings. The van der Waals surface area contributed by atoms with Crippen molar-refractivity contribution in [1.29, 1.82) is 0 Å². The zero-order valence-corrected chi connectivity index (χ0v) is 27.2. The molecule has 0 amide bonds. The summed E-state index contributed by atoms with van der Waals surface area (Å²) >= 11 is 5.56. The summed E-state index contributed by atoms with van der Waals surface area (Å²) in [7, 11) is 0. The van der Waals surface area contributed by atoms with Crippen molar-refractivity contribution in [3.63, 3.8) is 0 Å². The zero-order chi connectivity index (χ0) is 30.6. The number of benzene rings is 7. The van der Waals surface area contributed by atoms with Gasteiger partial charge in [-0.15, -0.1) is 11.3 Å². The van der Waals surface area contributed by atoms with Gasteiger partial charge >= 0.3 is 0 Å². The maximum Gasteiger partial charge on any atom is 0.0561 e. The third-order valence-electron chi connectivity index (χ3n) is 8.82. The SMILES string of the molecule is Brc1cccc(-c2ccccc2N(c2ccccc2)c2ccc3c4cc5c(cc4n(-c4ccccc4)c3c2)sc2ccccc25)c1. The van der Waals surface area contributed by atoms with E-state index in [2.05, 4.69) is 189 Å². The number of para-hydroxylation sites is 3. The molecule has 0 saturated heterocycles. The fraction of sp³-hybridized carbons (Fsp3) is 0. The largest absolute Gasteiger partial charge is 0.310 e. The first-order valence-electron chi connectivity index (χ1n) is 15.4. The summed E-state index contributed by atoms with van der Waals surface area (Å²) in [5, 5.41) is 5.15. The van der Waals surface area contributed by atoms with Crippen LogP contribution in [0.4, 0.5) is 17.1 Å². The summed E-state index contributed by atoms with van der Waals surface area (Å²) in [5.41, 5.74) is 9.23. The summed E-state index contributed by atoms with van der Waals surface area (Å²) < 4.78 is 6.13. The highest BCUT2D eigenvalue weighted by atomic mass is 79.9. The molecule has 0 radical (unpaired) electrons. The van der Waals surface area contributed by atoms with Gasteiger partial charge in [0.15, 0.2) is 0 Å². The van der Waals surface area contributed by atoms with Crippen molar-refractivity contribution in [3.8, 4) is 16.8 Å². The average molecular weight is 672 g/mol. The molecular weight excluding hydrogens is 644 g/mol. The molecule has 0 N–H and O–H groups in total. The molecule has 9 aromatic rings. The van der Waals surface area contributed by atoms with Gasteiger partial charge in [0.2, 0.25) is 0 Å². The first kappa shape index (κ1) is 27.2. The van der Waals surface area contributed by atoms with Crippen molar-refractivity contribution in [1.82, 2.24) is 4.57 Å². The van der Waals surface area contributed by atoms with Gasteiger partial charge in [-0.05, 0) is 78.4 Å². The molecule has 0 aliphatic heterocycles. The van der Waals surface area contributed by atoms with Crippen molar-refractivity contribution in [2.24, 2.45) is 0 Å². The summed E-state index contributed by atoms with van der Waals surface area (Å²) in [6, 6.07) is 59.1. The van der Waals surface area contributed by atoms with Crippen LogP contribution < -0.4 is 4.90 Å². The summed E-state index contributed by atoms with van der Waals surface area (Å²) in [4.78, 5) is 2.38. The van der Waals surface area contributed by atoms with Gasteiger partial charge in [-0.3, -0.25) is 0 Å². The lowest BCUT2D eigenvalue weighted by atomic mass is 10.0. The highest BCUT2D eigenvalue weighted by molar-refractivity contribution is 9.10. The molecule has 0 fully saturated rings. The van der Waals surface area contributed by atoms with E-state index in [1.165, 1.54) is 47.5 Å². The van der Waals surface area contributed by atoms with E-state index in [1.807, 2.05) is 11.3 Å². The molecule has 0 aliphatic carbocycles. The van der Waals surface area contributed by atoms with Crippen LogP contribution in [0.2, 0.25) is 0 Å². The Morgan fingerprint density at radius 1 is 0.478 bits per heavy atom. The topological polar surface area (TPSA) is 8.17 Å². The van der Waals surface area contributed by atoms with Crippen LogP contribution in [-0.4, -0.2) is 4.57 Å². The number of hydrogen-bond acceptors (Lipinski definition) is 2. The maximum absolute atomic E-state index is 3.70. The molecule has 0 bridgehead atoms. The Labute approximate surface area is 279 Å². The quantitative estimate of drug-likeness (QED) is 0.177. The standard InChI is InChI=1S/C42H27BrN2S/c43-29-13-11-12-28(24-29)33-18-7-9-20-38(33)44(30-14-3-1-4-15-30)32-22-23-34-36-26-37-35-19-8-10-21-41(35)46-42(37)27-40(36)45(39(34)25-32)31-16-5-2-6-17-31/h1-27H. The van der Waals surface area contributed by atoms with Crippen molar-refractivity contribution < 1.29 is 0 Å². The predicted molar refractivity (Wildman–Crippen MR) is 201 cm³/mol. The third-order valence-corrected chi connectivity index (χ3v) is 10.4. The molecule has 4 heteroatoms. The molecule has 2 nitrogen and oxygen atoms in total. The minimum atomic E-state index is 1.06. The zero-order valence-electron chi connectivity index (χ0n) is 24.8. The number of nitrogens with zero attached hydrogens (tertiary/aromatic N) is 2. The smallest absolute Gasteiger partial charge is 0.0561 e. The number of rotatable bonds is 5. The van der Waals surface area contributed by atoms with Gasteiger partial charge < -0.3 is 9.47 Å². The van der Waals surface area contributed by atoms with E-state index in [0.717, 1.165) is 32.8 Å². The molecule has 2 aromatic heterocycles. The second-order valence-electron chi connectivity index (χ2n) is 11.5. The normalized spacial score (nSPS) is 11.6. The Bertz CT molecular complexity index is 2550. The van der Waals surface area contributed by atoms with Gasteiger partial charge in [-0.25, -0.2) is 0 Å². The first-order valence-corrected chi connectivity index (χ1v) is 17.0. The Morgan fingerprint density at radius 3 is 2.07 bits per heavy atom. The molecule has 0 spiro atoms. The van der Waals surface area contributed by atoms with E-state index >= 15 is 0 Å². The number of fused-ring (bicyclic) bond motifs is 6. The summed E-state index contributed by atoms with van der Waals surface area (Å²) in [6.45, 7) is 0. The minimum Gasteiger partial charge on any atom is -0.310 e. The number of thiophene rings is 1. The minimum absolute atomic E-state index is 1.06. The van der Waals surface area contributed by atoms with E-state index in [1.54, 1.807) is 0 Å². The van der Waals surface area contributed by atoms with Crippen molar-refractivity contribution >= 4 is 86.3 Å². The molecule has 9 rings (SSSR count). The first-order chi connectivity index (χ1) is 22.7. The van der Waals surface area contributed by atoms with E-state index in [-0.39, 0.29) is 0 Å². The summed E-state index contributed by atoms with van der Waals surface area (Å²) in [6.07, 6.45) is 0. The van der Waals surface area contributed by atoms with Crippen LogP contribution >= 0.6 is 27.3 Å². The van der Waals surface area contributed by atoms with Crippen LogP contribution in [0.25, 0.3) is 58.8 Å². The monoisotopic (exact) mass is 670 g/mol. The third kappa shape index (κ3) is 4.45. The fourth-order valence-corrected chi connectivity index (χ4v) is 8.31. The van der Waals surface area contributed by atoms with Gasteiger partial charge in [-0.2, -0.15) is 0 Å². The number of aromatic nitrogens is 1. The van der Waals surface area contributed by atoms with Gasteiger partial charge in [0.05, 0.1) is 16.7 Å². The highest BCUT2D eigenvalue weighted by Gasteiger charge is 2.21. The fourth-order valence-electron chi connectivity index (χ4n) is 6.79. The molecule has 46 heavy (non-hydrogen) atoms. The molecule has 0 saturated carbocycles. The molecule has 2 heterocycles. The van der Waals surface area contributed by atoms with Crippen molar-refractivity contribution in [2.75, 3.05) is 4.90 Å². The van der Waals surface area contributed by atoms with Crippen LogP contribution in [0.5, 0.6) is 0 Å². The lowest BCUT2D eigenvalue weighted by Gasteiger charge is -2.28. The van der Waals surface area contributed by atoms with Gasteiger partial charge in [-0.1, -0.05) is 107 Å². The van der Waals surface area contributed by atoms with E-state index < -0.39 is 0 Å². The van der Waals surface area contributed by atoms with E-state index in [9.17, 15) is 0 Å². The van der Waals surface area contributed by atoms with Gasteiger partial charge in [0.25, 0.3) is 0 Å². The lowest BCUT2D eigenvalue weighted by molar-refractivity contribution is 1.18. The molecule has 218 valence electrons. The molecule has 0 unspecified atom stereocenters. The maximum atomic E-state index is 3.70. The summed E-state index contributed by atoms with van der Waals surface area (Å²) in [5.74, 6) is 0. The number of halogens is 1. The second-order valence-corrected chi connectivity index (χ2v) is 13.5. The molecule has 7 aromatic carbocycles. The Morgan fingerprint density at radius 2 is 1.22 bits per heavy atom. The Kier molecular flexibility index (Phi) is 6.51. The van der Waals surface area contributed by atoms with Crippen molar-refractivity contribution in [2.45, 2.75) is 0 Å². The highest BCUT2D eigenvalue weighted by Crippen LogP contribution is 2.45. The van der Waals surface area contributed by atoms with Crippen LogP contribution in [-0.2, 0) is 0 Å². The Balaban J connectivity index is 1.34. The van der Waals surface area contributed by atoms with Crippen LogP contribution in [0, 0.1) is 0 Å². The van der Waals surface area contributed by atoms with E-state index in [0.29, 0.717) is 0 Å². The number of anilines is 3. The molecule has 0 atom stereocenters. The van der Waals surface area contributed by atoms with Crippen LogP contribution in [0.3, 0.4) is 0 Å². The van der Waals surface area contributed by atoms with Gasteiger partial charge in [0, 0.05) is 58.0 Å². The van der Waals surface area contributed by atoms with Gasteiger partial charge in [0.1, 0.15) is 0 Å². The second kappa shape index (κ2) is 11.0. The van der Waals surface area contributed by atoms with E-state index in [4.69, 9.17) is 0 Å². The lowest BCUT2D eigenvalue weighted by Crippen LogP contribution is -2.11. The Hall–Kier alpha value is -5.16. The van der Waals surface area contributed by atoms with Crippen molar-refractivity contribution in [3.05, 3.63) is 168 Å². The van der Waals surface area contributed by atoms with Crippen LogP contribution in [0.1, 0.15) is 0 Å². The predicted octanol–water partition coefficient (Wildman–Crippen LogP) is 13.1.